The molecule has 0 fully saturated rings. The Morgan fingerprint density at radius 2 is 1.80 bits per heavy atom. The summed E-state index contributed by atoms with van der Waals surface area (Å²) in [6.45, 7) is 6.02. The number of nitrogens with zero attached hydrogens (tertiary/aromatic N) is 5. The van der Waals surface area contributed by atoms with Crippen molar-refractivity contribution in [3.63, 3.8) is 0 Å². The topological polar surface area (TPSA) is 123 Å². The fraction of sp³-hybridized carbons (Fsp3) is 0.257. The van der Waals surface area contributed by atoms with Crippen LogP contribution in [-0.4, -0.2) is 22.4 Å². The number of nitriles is 2. The van der Waals surface area contributed by atoms with E-state index in [0.717, 1.165) is 75.7 Å². The number of fused-ring (bicyclic) bond motifs is 1. The lowest BCUT2D eigenvalue weighted by molar-refractivity contribution is 0.102. The highest BCUT2D eigenvalue weighted by molar-refractivity contribution is 7.15. The fourth-order valence-corrected chi connectivity index (χ4v) is 7.55. The number of hydrogen-bond donors (Lipinski definition) is 2. The highest BCUT2D eigenvalue weighted by Crippen LogP contribution is 2.39. The van der Waals surface area contributed by atoms with E-state index in [1.54, 1.807) is 22.4 Å². The number of benzene rings is 2. The molecule has 2 atom stereocenters. The number of hydrazone groups is 1. The molecule has 2 aromatic carbocycles. The number of para-hydroxylation sites is 1. The number of rotatable bonds is 6. The normalized spacial score (nSPS) is 17.9. The van der Waals surface area contributed by atoms with E-state index in [2.05, 4.69) is 27.1 Å². The zero-order valence-corrected chi connectivity index (χ0v) is 25.8. The Morgan fingerprint density at radius 3 is 2.50 bits per heavy atom. The molecule has 1 amide bonds. The lowest BCUT2D eigenvalue weighted by Crippen LogP contribution is -2.40. The van der Waals surface area contributed by atoms with E-state index in [1.807, 2.05) is 81.4 Å². The predicted molar refractivity (Wildman–Crippen MR) is 176 cm³/mol. The van der Waals surface area contributed by atoms with Crippen LogP contribution < -0.4 is 16.1 Å². The molecule has 0 unspecified atom stereocenters. The summed E-state index contributed by atoms with van der Waals surface area (Å²) in [5.41, 5.74) is 14.2. The maximum Gasteiger partial charge on any atom is 0.258 e. The Morgan fingerprint density at radius 1 is 1.07 bits per heavy atom. The first-order chi connectivity index (χ1) is 21.3. The Kier molecular flexibility index (Phi) is 7.92. The second-order valence-corrected chi connectivity index (χ2v) is 12.4. The standard InChI is InChI=1S/C35H33N7OS/c1-21-13-15-26(16-14-21)39-34(43)31-28-11-7-8-12-30(28)44-35(31)41-22(2)17-24(23(41)3)18-25(19-36)32-29(20-37)33(38)42(40-32)27-9-5-4-6-10-27/h4-6,9-10,13-18,29,33H,7-8,11-12,38H2,1-3H3,(H,39,43)/b25-18-/t29-,33-/m1/s1. The van der Waals surface area contributed by atoms with Gasteiger partial charge in [0.05, 0.1) is 28.6 Å². The summed E-state index contributed by atoms with van der Waals surface area (Å²) in [5, 5.41) is 30.5. The lowest BCUT2D eigenvalue weighted by Gasteiger charge is -2.21. The number of anilines is 2. The summed E-state index contributed by atoms with van der Waals surface area (Å²) in [7, 11) is 0. The van der Waals surface area contributed by atoms with Gasteiger partial charge in [-0.25, -0.2) is 5.01 Å². The molecule has 1 aliphatic carbocycles. The molecule has 3 N–H and O–H groups in total. The van der Waals surface area contributed by atoms with Gasteiger partial charge in [-0.3, -0.25) is 4.79 Å². The van der Waals surface area contributed by atoms with E-state index >= 15 is 0 Å². The Bertz CT molecular complexity index is 1880. The first kappa shape index (κ1) is 29.1. The monoisotopic (exact) mass is 599 g/mol. The van der Waals surface area contributed by atoms with Crippen molar-refractivity contribution in [1.29, 1.82) is 10.5 Å². The van der Waals surface area contributed by atoms with Crippen LogP contribution in [0, 0.1) is 49.4 Å². The summed E-state index contributed by atoms with van der Waals surface area (Å²) < 4.78 is 2.12. The van der Waals surface area contributed by atoms with Crippen LogP contribution in [0.2, 0.25) is 0 Å². The van der Waals surface area contributed by atoms with Crippen LogP contribution in [0.1, 0.15) is 56.2 Å². The number of aromatic nitrogens is 1. The number of aryl methyl sites for hydroxylation is 3. The molecule has 3 heterocycles. The Labute approximate surface area is 261 Å². The first-order valence-electron chi connectivity index (χ1n) is 14.7. The molecular weight excluding hydrogens is 567 g/mol. The largest absolute Gasteiger partial charge is 0.322 e. The quantitative estimate of drug-likeness (QED) is 0.236. The second-order valence-electron chi connectivity index (χ2n) is 11.3. The molecule has 2 aliphatic rings. The van der Waals surface area contributed by atoms with Gasteiger partial charge in [0, 0.05) is 22.0 Å². The van der Waals surface area contributed by atoms with Gasteiger partial charge in [0.25, 0.3) is 5.91 Å². The van der Waals surface area contributed by atoms with Gasteiger partial charge < -0.3 is 15.6 Å². The van der Waals surface area contributed by atoms with Crippen molar-refractivity contribution < 1.29 is 4.79 Å². The molecule has 4 aromatic rings. The molecule has 1 aliphatic heterocycles. The molecule has 0 saturated carbocycles. The van der Waals surface area contributed by atoms with Crippen LogP contribution in [0.25, 0.3) is 11.1 Å². The van der Waals surface area contributed by atoms with Crippen LogP contribution >= 0.6 is 11.3 Å². The summed E-state index contributed by atoms with van der Waals surface area (Å²) in [6, 6.07) is 23.8. The molecule has 0 saturated heterocycles. The molecule has 0 bridgehead atoms. The van der Waals surface area contributed by atoms with Crippen molar-refractivity contribution in [2.45, 2.75) is 52.6 Å². The van der Waals surface area contributed by atoms with Crippen molar-refractivity contribution in [2.24, 2.45) is 16.8 Å². The molecular formula is C35H33N7OS. The Hall–Kier alpha value is -4.96. The number of carbonyl (C=O) groups excluding carboxylic acids is 1. The minimum Gasteiger partial charge on any atom is -0.322 e. The van der Waals surface area contributed by atoms with Gasteiger partial charge in [0.2, 0.25) is 0 Å². The van der Waals surface area contributed by atoms with Gasteiger partial charge in [-0.15, -0.1) is 11.3 Å². The van der Waals surface area contributed by atoms with Gasteiger partial charge in [0.1, 0.15) is 23.2 Å². The van der Waals surface area contributed by atoms with Gasteiger partial charge >= 0.3 is 0 Å². The van der Waals surface area contributed by atoms with Crippen LogP contribution in [0.4, 0.5) is 11.4 Å². The third-order valence-electron chi connectivity index (χ3n) is 8.35. The number of thiophene rings is 1. The zero-order valence-electron chi connectivity index (χ0n) is 25.0. The summed E-state index contributed by atoms with van der Waals surface area (Å²) in [4.78, 5) is 15.1. The molecule has 0 spiro atoms. The summed E-state index contributed by atoms with van der Waals surface area (Å²) in [6.07, 6.45) is 5.07. The van der Waals surface area contributed by atoms with Crippen molar-refractivity contribution in [1.82, 2.24) is 4.57 Å². The van der Waals surface area contributed by atoms with E-state index in [4.69, 9.17) is 5.73 Å². The van der Waals surface area contributed by atoms with Gasteiger partial charge in [0.15, 0.2) is 0 Å². The van der Waals surface area contributed by atoms with Crippen molar-refractivity contribution in [3.05, 3.63) is 105 Å². The molecule has 6 rings (SSSR count). The van der Waals surface area contributed by atoms with Crippen molar-refractivity contribution >= 4 is 40.4 Å². The second kappa shape index (κ2) is 12.0. The van der Waals surface area contributed by atoms with Crippen molar-refractivity contribution in [2.75, 3.05) is 10.3 Å². The van der Waals surface area contributed by atoms with Gasteiger partial charge in [-0.05, 0) is 94.0 Å². The third-order valence-corrected chi connectivity index (χ3v) is 9.63. The first-order valence-corrected chi connectivity index (χ1v) is 15.5. The number of nitrogens with one attached hydrogen (secondary N) is 1. The Balaban J connectivity index is 1.41. The van der Waals surface area contributed by atoms with E-state index in [9.17, 15) is 15.3 Å². The molecule has 0 radical (unpaired) electrons. The van der Waals surface area contributed by atoms with Crippen LogP contribution in [0.5, 0.6) is 0 Å². The maximum absolute atomic E-state index is 13.9. The number of hydrogen-bond acceptors (Lipinski definition) is 7. The van der Waals surface area contributed by atoms with E-state index in [-0.39, 0.29) is 11.5 Å². The average molecular weight is 600 g/mol. The fourth-order valence-electron chi connectivity index (χ4n) is 6.06. The lowest BCUT2D eigenvalue weighted by atomic mass is 9.95. The highest BCUT2D eigenvalue weighted by Gasteiger charge is 2.38. The predicted octanol–water partition coefficient (Wildman–Crippen LogP) is 6.80. The number of amides is 1. The third kappa shape index (κ3) is 5.22. The summed E-state index contributed by atoms with van der Waals surface area (Å²) >= 11 is 1.68. The molecule has 220 valence electrons. The molecule has 44 heavy (non-hydrogen) atoms. The average Bonchev–Trinajstić information content (AvgIpc) is 3.66. The van der Waals surface area contributed by atoms with Crippen molar-refractivity contribution in [3.8, 4) is 17.1 Å². The summed E-state index contributed by atoms with van der Waals surface area (Å²) in [5.74, 6) is -0.886. The van der Waals surface area contributed by atoms with Crippen LogP contribution in [0.15, 0.2) is 71.3 Å². The smallest absolute Gasteiger partial charge is 0.258 e. The minimum atomic E-state index is -0.773. The number of carbonyl (C=O) groups is 1. The zero-order chi connectivity index (χ0) is 31.0. The number of nitrogens with two attached hydrogens (primary N) is 1. The molecule has 9 heteroatoms. The molecule has 2 aromatic heterocycles. The molecule has 8 nitrogen and oxygen atoms in total. The van der Waals surface area contributed by atoms with E-state index in [1.165, 1.54) is 4.88 Å². The van der Waals surface area contributed by atoms with Gasteiger partial charge in [-0.2, -0.15) is 15.6 Å². The van der Waals surface area contributed by atoms with Crippen LogP contribution in [0.3, 0.4) is 0 Å². The highest BCUT2D eigenvalue weighted by atomic mass is 32.1. The van der Waals surface area contributed by atoms with Gasteiger partial charge in [-0.1, -0.05) is 35.9 Å². The maximum atomic E-state index is 13.9. The SMILES string of the molecule is Cc1ccc(NC(=O)c2c(-n3c(C)cc(/C=C(/C#N)C4=NN(c5ccccc5)[C@@H](N)[C@@H]4C#N)c3C)sc3c2CCCC3)cc1. The van der Waals surface area contributed by atoms with E-state index in [0.29, 0.717) is 5.71 Å². The number of allylic oxidation sites excluding steroid dienone is 1. The van der Waals surface area contributed by atoms with E-state index < -0.39 is 12.1 Å². The van der Waals surface area contributed by atoms with Crippen LogP contribution in [-0.2, 0) is 12.8 Å². The minimum absolute atomic E-state index is 0.113.